The normalized spacial score (nSPS) is 21.2. The SMILES string of the molecule is COc1ccc(NC(=O)[C@H]2NCCO[C@@H]2C)cc1OCC(F)(F)F. The van der Waals surface area contributed by atoms with Crippen molar-refractivity contribution in [2.24, 2.45) is 0 Å². The third-order valence-electron chi connectivity index (χ3n) is 3.42. The molecule has 0 radical (unpaired) electrons. The molecule has 9 heteroatoms. The zero-order valence-electron chi connectivity index (χ0n) is 13.3. The molecule has 134 valence electrons. The Kier molecular flexibility index (Phi) is 5.89. The Labute approximate surface area is 137 Å². The molecule has 0 aliphatic carbocycles. The molecule has 24 heavy (non-hydrogen) atoms. The first-order valence-electron chi connectivity index (χ1n) is 7.33. The van der Waals surface area contributed by atoms with Gasteiger partial charge in [0.25, 0.3) is 0 Å². The molecule has 0 unspecified atom stereocenters. The molecule has 0 saturated carbocycles. The standard InChI is InChI=1S/C15H19F3N2O4/c1-9-13(19-5-6-23-9)14(21)20-10-3-4-11(22-2)12(7-10)24-8-15(16,17)18/h3-4,7,9,13,19H,5-6,8H2,1-2H3,(H,20,21)/t9-,13+/m1/s1. The zero-order valence-corrected chi connectivity index (χ0v) is 13.3. The highest BCUT2D eigenvalue weighted by atomic mass is 19.4. The fourth-order valence-electron chi connectivity index (χ4n) is 2.27. The van der Waals surface area contributed by atoms with Gasteiger partial charge in [0, 0.05) is 18.3 Å². The summed E-state index contributed by atoms with van der Waals surface area (Å²) in [5, 5.41) is 5.66. The second-order valence-corrected chi connectivity index (χ2v) is 5.27. The first-order chi connectivity index (χ1) is 11.3. The third kappa shape index (κ3) is 5.00. The van der Waals surface area contributed by atoms with Crippen LogP contribution in [0.3, 0.4) is 0 Å². The lowest BCUT2D eigenvalue weighted by molar-refractivity contribution is -0.153. The van der Waals surface area contributed by atoms with Crippen molar-refractivity contribution < 1.29 is 32.2 Å². The number of methoxy groups -OCH3 is 1. The summed E-state index contributed by atoms with van der Waals surface area (Å²) < 4.78 is 52.0. The van der Waals surface area contributed by atoms with E-state index in [1.165, 1.54) is 25.3 Å². The Morgan fingerprint density at radius 3 is 2.79 bits per heavy atom. The van der Waals surface area contributed by atoms with Crippen molar-refractivity contribution in [1.82, 2.24) is 5.32 Å². The van der Waals surface area contributed by atoms with Crippen LogP contribution >= 0.6 is 0 Å². The molecule has 1 fully saturated rings. The number of morpholine rings is 1. The van der Waals surface area contributed by atoms with Gasteiger partial charge in [0.05, 0.1) is 19.8 Å². The number of alkyl halides is 3. The molecule has 2 N–H and O–H groups in total. The van der Waals surface area contributed by atoms with Gasteiger partial charge in [-0.3, -0.25) is 4.79 Å². The fourth-order valence-corrected chi connectivity index (χ4v) is 2.27. The van der Waals surface area contributed by atoms with E-state index in [1.807, 2.05) is 0 Å². The fraction of sp³-hybridized carbons (Fsp3) is 0.533. The maximum absolute atomic E-state index is 12.3. The number of ether oxygens (including phenoxy) is 3. The van der Waals surface area contributed by atoms with Gasteiger partial charge in [0.1, 0.15) is 6.04 Å². The summed E-state index contributed by atoms with van der Waals surface area (Å²) in [5.41, 5.74) is 0.303. The number of hydrogen-bond donors (Lipinski definition) is 2. The molecule has 2 atom stereocenters. The van der Waals surface area contributed by atoms with E-state index >= 15 is 0 Å². The van der Waals surface area contributed by atoms with Crippen molar-refractivity contribution in [2.45, 2.75) is 25.2 Å². The highest BCUT2D eigenvalue weighted by Crippen LogP contribution is 2.31. The number of rotatable bonds is 5. The van der Waals surface area contributed by atoms with Crippen LogP contribution in [0.2, 0.25) is 0 Å². The summed E-state index contributed by atoms with van der Waals surface area (Å²) in [6.07, 6.45) is -4.78. The van der Waals surface area contributed by atoms with Crippen LogP contribution < -0.4 is 20.1 Å². The number of carbonyl (C=O) groups excluding carboxylic acids is 1. The quantitative estimate of drug-likeness (QED) is 0.851. The number of anilines is 1. The second-order valence-electron chi connectivity index (χ2n) is 5.27. The summed E-state index contributed by atoms with van der Waals surface area (Å²) in [6.45, 7) is 1.38. The maximum atomic E-state index is 12.3. The van der Waals surface area contributed by atoms with Crippen molar-refractivity contribution in [3.8, 4) is 11.5 Å². The van der Waals surface area contributed by atoms with Crippen LogP contribution in [0.25, 0.3) is 0 Å². The Morgan fingerprint density at radius 1 is 1.42 bits per heavy atom. The van der Waals surface area contributed by atoms with E-state index in [0.717, 1.165) is 0 Å². The average molecular weight is 348 g/mol. The number of nitrogens with one attached hydrogen (secondary N) is 2. The molecule has 1 aliphatic heterocycles. The Balaban J connectivity index is 2.08. The largest absolute Gasteiger partial charge is 0.493 e. The van der Waals surface area contributed by atoms with Crippen LogP contribution in [0.4, 0.5) is 18.9 Å². The highest BCUT2D eigenvalue weighted by Gasteiger charge is 2.30. The molecule has 0 spiro atoms. The minimum absolute atomic E-state index is 0.103. The van der Waals surface area contributed by atoms with Gasteiger partial charge in [-0.1, -0.05) is 0 Å². The van der Waals surface area contributed by atoms with E-state index in [4.69, 9.17) is 14.2 Å². The van der Waals surface area contributed by atoms with E-state index in [1.54, 1.807) is 6.92 Å². The van der Waals surface area contributed by atoms with Crippen LogP contribution in [0.15, 0.2) is 18.2 Å². The van der Waals surface area contributed by atoms with Crippen LogP contribution in [0.1, 0.15) is 6.92 Å². The van der Waals surface area contributed by atoms with Crippen LogP contribution in [0.5, 0.6) is 11.5 Å². The lowest BCUT2D eigenvalue weighted by Gasteiger charge is -2.29. The molecule has 1 heterocycles. The summed E-state index contributed by atoms with van der Waals surface area (Å²) in [7, 11) is 1.32. The summed E-state index contributed by atoms with van der Waals surface area (Å²) in [4.78, 5) is 12.3. The van der Waals surface area contributed by atoms with Gasteiger partial charge in [-0.05, 0) is 19.1 Å². The van der Waals surface area contributed by atoms with Crippen LogP contribution in [-0.4, -0.2) is 51.1 Å². The van der Waals surface area contributed by atoms with Gasteiger partial charge in [-0.15, -0.1) is 0 Å². The number of carbonyl (C=O) groups is 1. The Bertz CT molecular complexity index is 580. The molecule has 1 amide bonds. The molecule has 1 saturated heterocycles. The van der Waals surface area contributed by atoms with Crippen molar-refractivity contribution >= 4 is 11.6 Å². The second kappa shape index (κ2) is 7.71. The van der Waals surface area contributed by atoms with Gasteiger partial charge in [-0.2, -0.15) is 13.2 Å². The smallest absolute Gasteiger partial charge is 0.422 e. The van der Waals surface area contributed by atoms with E-state index in [-0.39, 0.29) is 23.5 Å². The topological polar surface area (TPSA) is 68.8 Å². The minimum atomic E-state index is -4.47. The van der Waals surface area contributed by atoms with Crippen molar-refractivity contribution in [3.05, 3.63) is 18.2 Å². The molecule has 1 aliphatic rings. The molecule has 0 aromatic heterocycles. The molecule has 6 nitrogen and oxygen atoms in total. The van der Waals surface area contributed by atoms with E-state index < -0.39 is 18.8 Å². The van der Waals surface area contributed by atoms with Gasteiger partial charge in [-0.25, -0.2) is 0 Å². The summed E-state index contributed by atoms with van der Waals surface area (Å²) in [5.74, 6) is -0.299. The van der Waals surface area contributed by atoms with Gasteiger partial charge in [0.2, 0.25) is 5.91 Å². The molecule has 0 bridgehead atoms. The monoisotopic (exact) mass is 348 g/mol. The molecule has 2 rings (SSSR count). The van der Waals surface area contributed by atoms with Gasteiger partial charge in [0.15, 0.2) is 18.1 Å². The molecular formula is C15H19F3N2O4. The predicted octanol–water partition coefficient (Wildman–Crippen LogP) is 1.95. The van der Waals surface area contributed by atoms with E-state index in [2.05, 4.69) is 10.6 Å². The minimum Gasteiger partial charge on any atom is -0.493 e. The average Bonchev–Trinajstić information content (AvgIpc) is 2.52. The zero-order chi connectivity index (χ0) is 17.7. The van der Waals surface area contributed by atoms with Crippen molar-refractivity contribution in [1.29, 1.82) is 0 Å². The molecule has 1 aromatic carbocycles. The molecular weight excluding hydrogens is 329 g/mol. The third-order valence-corrected chi connectivity index (χ3v) is 3.42. The number of hydrogen-bond acceptors (Lipinski definition) is 5. The number of halogens is 3. The Hall–Kier alpha value is -2.00. The Morgan fingerprint density at radius 2 is 2.17 bits per heavy atom. The number of benzene rings is 1. The maximum Gasteiger partial charge on any atom is 0.422 e. The lowest BCUT2D eigenvalue weighted by atomic mass is 10.1. The number of amides is 1. The van der Waals surface area contributed by atoms with E-state index in [9.17, 15) is 18.0 Å². The van der Waals surface area contributed by atoms with Gasteiger partial charge < -0.3 is 24.8 Å². The first kappa shape index (κ1) is 18.3. The van der Waals surface area contributed by atoms with E-state index in [0.29, 0.717) is 18.8 Å². The molecule has 1 aromatic rings. The summed E-state index contributed by atoms with van der Waals surface area (Å²) in [6, 6.07) is 3.69. The van der Waals surface area contributed by atoms with Crippen LogP contribution in [0, 0.1) is 0 Å². The lowest BCUT2D eigenvalue weighted by Crippen LogP contribution is -2.53. The van der Waals surface area contributed by atoms with Crippen LogP contribution in [-0.2, 0) is 9.53 Å². The van der Waals surface area contributed by atoms with Gasteiger partial charge >= 0.3 is 6.18 Å². The van der Waals surface area contributed by atoms with Crippen molar-refractivity contribution in [2.75, 3.05) is 32.2 Å². The summed E-state index contributed by atoms with van der Waals surface area (Å²) >= 11 is 0. The first-order valence-corrected chi connectivity index (χ1v) is 7.33. The predicted molar refractivity (Wildman–Crippen MR) is 80.4 cm³/mol. The van der Waals surface area contributed by atoms with Crippen molar-refractivity contribution in [3.63, 3.8) is 0 Å². The highest BCUT2D eigenvalue weighted by molar-refractivity contribution is 5.95.